The molecule has 1 amide bonds. The van der Waals surface area contributed by atoms with Crippen molar-refractivity contribution in [2.45, 2.75) is 12.8 Å². The standard InChI is InChI=1S/C14H22BrN3O2.ClH/c1-18-8-11(15)7-12(18)13(19)17-9-14(10-20-2)3-5-16-6-4-14;/h7-8,16H,3-6,9-10H2,1-2H3,(H,17,19);1H. The molecule has 1 aliphatic heterocycles. The van der Waals surface area contributed by atoms with Crippen molar-refractivity contribution in [1.29, 1.82) is 0 Å². The third-order valence-electron chi connectivity index (χ3n) is 3.94. The highest BCUT2D eigenvalue weighted by Gasteiger charge is 2.32. The van der Waals surface area contributed by atoms with Crippen molar-refractivity contribution >= 4 is 34.2 Å². The molecule has 1 aliphatic rings. The van der Waals surface area contributed by atoms with Gasteiger partial charge in [-0.1, -0.05) is 0 Å². The molecule has 120 valence electrons. The zero-order valence-electron chi connectivity index (χ0n) is 12.4. The summed E-state index contributed by atoms with van der Waals surface area (Å²) in [7, 11) is 3.59. The lowest BCUT2D eigenvalue weighted by molar-refractivity contribution is 0.0510. The second-order valence-corrected chi connectivity index (χ2v) is 6.44. The van der Waals surface area contributed by atoms with Crippen molar-refractivity contribution in [2.75, 3.05) is 33.4 Å². The van der Waals surface area contributed by atoms with E-state index in [-0.39, 0.29) is 23.7 Å². The average Bonchev–Trinajstić information content (AvgIpc) is 2.77. The quantitative estimate of drug-likeness (QED) is 0.821. The van der Waals surface area contributed by atoms with Crippen molar-refractivity contribution in [3.05, 3.63) is 22.4 Å². The lowest BCUT2D eigenvalue weighted by atomic mass is 9.79. The molecule has 0 saturated carbocycles. The van der Waals surface area contributed by atoms with Gasteiger partial charge in [-0.2, -0.15) is 0 Å². The monoisotopic (exact) mass is 379 g/mol. The smallest absolute Gasteiger partial charge is 0.267 e. The van der Waals surface area contributed by atoms with Crippen molar-refractivity contribution in [1.82, 2.24) is 15.2 Å². The number of carbonyl (C=O) groups is 1. The zero-order valence-corrected chi connectivity index (χ0v) is 14.8. The van der Waals surface area contributed by atoms with E-state index in [9.17, 15) is 4.79 Å². The van der Waals surface area contributed by atoms with Gasteiger partial charge in [0.05, 0.1) is 6.61 Å². The highest BCUT2D eigenvalue weighted by atomic mass is 79.9. The number of nitrogens with one attached hydrogen (secondary N) is 2. The number of halogens is 2. The maximum Gasteiger partial charge on any atom is 0.267 e. The van der Waals surface area contributed by atoms with E-state index >= 15 is 0 Å². The van der Waals surface area contributed by atoms with E-state index in [2.05, 4.69) is 26.6 Å². The Hall–Kier alpha value is -0.560. The van der Waals surface area contributed by atoms with Crippen molar-refractivity contribution in [3.63, 3.8) is 0 Å². The maximum atomic E-state index is 12.3. The van der Waals surface area contributed by atoms with E-state index in [4.69, 9.17) is 4.74 Å². The SMILES string of the molecule is COCC1(CNC(=O)c2cc(Br)cn2C)CCNCC1.Cl. The molecular formula is C14H23BrClN3O2. The summed E-state index contributed by atoms with van der Waals surface area (Å²) in [5.74, 6) is -0.0350. The number of carbonyl (C=O) groups excluding carboxylic acids is 1. The summed E-state index contributed by atoms with van der Waals surface area (Å²) >= 11 is 3.39. The number of rotatable bonds is 5. The number of aromatic nitrogens is 1. The highest BCUT2D eigenvalue weighted by molar-refractivity contribution is 9.10. The van der Waals surface area contributed by atoms with Crippen LogP contribution in [0.25, 0.3) is 0 Å². The molecule has 1 fully saturated rings. The third kappa shape index (κ3) is 4.71. The molecule has 1 aromatic rings. The predicted molar refractivity (Wildman–Crippen MR) is 89.1 cm³/mol. The lowest BCUT2D eigenvalue weighted by Gasteiger charge is -2.37. The molecule has 2 heterocycles. The van der Waals surface area contributed by atoms with Crippen LogP contribution >= 0.6 is 28.3 Å². The van der Waals surface area contributed by atoms with Gasteiger partial charge >= 0.3 is 0 Å². The maximum absolute atomic E-state index is 12.3. The van der Waals surface area contributed by atoms with Gasteiger partial charge in [-0.05, 0) is 47.9 Å². The fourth-order valence-corrected chi connectivity index (χ4v) is 3.27. The first-order chi connectivity index (χ1) is 9.56. The molecule has 0 radical (unpaired) electrons. The number of hydrogen-bond acceptors (Lipinski definition) is 3. The van der Waals surface area contributed by atoms with Gasteiger partial charge in [-0.25, -0.2) is 0 Å². The normalized spacial score (nSPS) is 17.1. The summed E-state index contributed by atoms with van der Waals surface area (Å²) in [4.78, 5) is 12.3. The molecule has 7 heteroatoms. The molecule has 0 aliphatic carbocycles. The van der Waals surface area contributed by atoms with Gasteiger partial charge in [0.2, 0.25) is 0 Å². The molecule has 0 atom stereocenters. The number of piperidine rings is 1. The Morgan fingerprint density at radius 2 is 2.19 bits per heavy atom. The molecular weight excluding hydrogens is 358 g/mol. The summed E-state index contributed by atoms with van der Waals surface area (Å²) < 4.78 is 8.10. The molecule has 1 saturated heterocycles. The summed E-state index contributed by atoms with van der Waals surface area (Å²) in [6.07, 6.45) is 3.93. The number of amides is 1. The predicted octanol–water partition coefficient (Wildman–Crippen LogP) is 1.96. The first-order valence-electron chi connectivity index (χ1n) is 6.86. The van der Waals surface area contributed by atoms with Crippen LogP contribution in [-0.2, 0) is 11.8 Å². The van der Waals surface area contributed by atoms with Gasteiger partial charge in [0, 0.05) is 36.8 Å². The molecule has 0 spiro atoms. The Morgan fingerprint density at radius 3 is 2.71 bits per heavy atom. The van der Waals surface area contributed by atoms with E-state index in [0.717, 1.165) is 30.4 Å². The minimum absolute atomic E-state index is 0. The van der Waals surface area contributed by atoms with E-state index in [1.807, 2.05) is 23.9 Å². The van der Waals surface area contributed by atoms with E-state index in [1.165, 1.54) is 0 Å². The molecule has 5 nitrogen and oxygen atoms in total. The topological polar surface area (TPSA) is 55.3 Å². The van der Waals surface area contributed by atoms with E-state index in [0.29, 0.717) is 18.8 Å². The fourth-order valence-electron chi connectivity index (χ4n) is 2.74. The fraction of sp³-hybridized carbons (Fsp3) is 0.643. The Kier molecular flexibility index (Phi) is 7.20. The Morgan fingerprint density at radius 1 is 1.52 bits per heavy atom. The van der Waals surface area contributed by atoms with E-state index < -0.39 is 0 Å². The second-order valence-electron chi connectivity index (χ2n) is 5.52. The van der Waals surface area contributed by atoms with Crippen LogP contribution in [0.5, 0.6) is 0 Å². The van der Waals surface area contributed by atoms with Crippen LogP contribution in [0.15, 0.2) is 16.7 Å². The number of nitrogens with zero attached hydrogens (tertiary/aromatic N) is 1. The van der Waals surface area contributed by atoms with Gasteiger partial charge in [0.15, 0.2) is 0 Å². The molecule has 2 N–H and O–H groups in total. The Bertz CT molecular complexity index is 467. The second kappa shape index (κ2) is 8.17. The summed E-state index contributed by atoms with van der Waals surface area (Å²) in [5.41, 5.74) is 0.719. The van der Waals surface area contributed by atoms with Crippen LogP contribution in [-0.4, -0.2) is 43.8 Å². The molecule has 0 aromatic carbocycles. The first-order valence-corrected chi connectivity index (χ1v) is 7.65. The molecule has 21 heavy (non-hydrogen) atoms. The average molecular weight is 381 g/mol. The number of methoxy groups -OCH3 is 1. The van der Waals surface area contributed by atoms with Gasteiger partial charge in [-0.3, -0.25) is 4.79 Å². The molecule has 0 bridgehead atoms. The summed E-state index contributed by atoms with van der Waals surface area (Å²) in [6.45, 7) is 3.31. The van der Waals surface area contributed by atoms with Crippen molar-refractivity contribution in [3.8, 4) is 0 Å². The molecule has 1 aromatic heterocycles. The van der Waals surface area contributed by atoms with Crippen molar-refractivity contribution in [2.24, 2.45) is 12.5 Å². The minimum Gasteiger partial charge on any atom is -0.384 e. The minimum atomic E-state index is -0.0350. The highest BCUT2D eigenvalue weighted by Crippen LogP contribution is 2.28. The van der Waals surface area contributed by atoms with Crippen LogP contribution in [0.4, 0.5) is 0 Å². The molecule has 2 rings (SSSR count). The van der Waals surface area contributed by atoms with Crippen LogP contribution in [0, 0.1) is 5.41 Å². The number of ether oxygens (including phenoxy) is 1. The Labute approximate surface area is 140 Å². The summed E-state index contributed by atoms with van der Waals surface area (Å²) in [6, 6.07) is 1.83. The zero-order chi connectivity index (χ0) is 14.6. The lowest BCUT2D eigenvalue weighted by Crippen LogP contribution is -2.47. The van der Waals surface area contributed by atoms with Gasteiger partial charge in [-0.15, -0.1) is 12.4 Å². The number of aryl methyl sites for hydroxylation is 1. The van der Waals surface area contributed by atoms with Crippen LogP contribution in [0.3, 0.4) is 0 Å². The van der Waals surface area contributed by atoms with Gasteiger partial charge in [0.1, 0.15) is 5.69 Å². The summed E-state index contributed by atoms with van der Waals surface area (Å²) in [5, 5.41) is 6.41. The van der Waals surface area contributed by atoms with Crippen molar-refractivity contribution < 1.29 is 9.53 Å². The van der Waals surface area contributed by atoms with E-state index in [1.54, 1.807) is 7.11 Å². The van der Waals surface area contributed by atoms with Crippen LogP contribution < -0.4 is 10.6 Å². The molecule has 0 unspecified atom stereocenters. The first kappa shape index (κ1) is 18.5. The van der Waals surface area contributed by atoms with Crippen LogP contribution in [0.1, 0.15) is 23.3 Å². The van der Waals surface area contributed by atoms with Gasteiger partial charge in [0.25, 0.3) is 5.91 Å². The third-order valence-corrected chi connectivity index (χ3v) is 4.38. The number of hydrogen-bond donors (Lipinski definition) is 2. The van der Waals surface area contributed by atoms with Gasteiger partial charge < -0.3 is 19.9 Å². The van der Waals surface area contributed by atoms with Crippen LogP contribution in [0.2, 0.25) is 0 Å². The Balaban J connectivity index is 0.00000220. The largest absolute Gasteiger partial charge is 0.384 e.